The van der Waals surface area contributed by atoms with Gasteiger partial charge in [0, 0.05) is 31.0 Å². The van der Waals surface area contributed by atoms with Gasteiger partial charge >= 0.3 is 0 Å². The van der Waals surface area contributed by atoms with Gasteiger partial charge < -0.3 is 9.88 Å². The molecular formula is C14H15ClN2O. The molecule has 18 heavy (non-hydrogen) atoms. The van der Waals surface area contributed by atoms with Gasteiger partial charge in [0.15, 0.2) is 0 Å². The number of aromatic amines is 1. The van der Waals surface area contributed by atoms with Crippen molar-refractivity contribution in [3.8, 4) is 11.3 Å². The summed E-state index contributed by atoms with van der Waals surface area (Å²) in [7, 11) is 3.98. The Morgan fingerprint density at radius 1 is 1.11 bits per heavy atom. The minimum atomic E-state index is -0.126. The molecule has 0 amide bonds. The van der Waals surface area contributed by atoms with Gasteiger partial charge in [-0.05, 0) is 23.8 Å². The maximum absolute atomic E-state index is 11.7. The summed E-state index contributed by atoms with van der Waals surface area (Å²) in [5.41, 5.74) is 3.38. The fraction of sp³-hybridized carbons (Fsp3) is 0.214. The maximum atomic E-state index is 11.7. The van der Waals surface area contributed by atoms with Gasteiger partial charge in [0.05, 0.1) is 5.88 Å². The third-order valence-corrected chi connectivity index (χ3v) is 3.12. The number of H-pyrrole nitrogens is 1. The Morgan fingerprint density at radius 2 is 1.78 bits per heavy atom. The first-order valence-corrected chi connectivity index (χ1v) is 6.21. The number of pyridine rings is 1. The first-order valence-electron chi connectivity index (χ1n) is 5.68. The maximum Gasteiger partial charge on any atom is 0.252 e. The van der Waals surface area contributed by atoms with Crippen LogP contribution in [0.5, 0.6) is 0 Å². The van der Waals surface area contributed by atoms with Gasteiger partial charge in [0.2, 0.25) is 0 Å². The minimum Gasteiger partial charge on any atom is -0.378 e. The van der Waals surface area contributed by atoms with Gasteiger partial charge in [-0.2, -0.15) is 0 Å². The molecule has 0 radical (unpaired) electrons. The molecule has 0 aliphatic carbocycles. The van der Waals surface area contributed by atoms with E-state index in [1.165, 1.54) is 0 Å². The van der Waals surface area contributed by atoms with Crippen LogP contribution in [0, 0.1) is 0 Å². The van der Waals surface area contributed by atoms with Crippen LogP contribution < -0.4 is 10.5 Å². The monoisotopic (exact) mass is 262 g/mol. The summed E-state index contributed by atoms with van der Waals surface area (Å²) in [6.45, 7) is 0. The van der Waals surface area contributed by atoms with Crippen molar-refractivity contribution in [2.45, 2.75) is 5.88 Å². The SMILES string of the molecule is CN(C)c1ccc(-c2ccc(CCl)c(=O)[nH]2)cc1. The van der Waals surface area contributed by atoms with Crippen molar-refractivity contribution in [1.82, 2.24) is 4.98 Å². The fourth-order valence-electron chi connectivity index (χ4n) is 1.72. The van der Waals surface area contributed by atoms with Gasteiger partial charge in [0.25, 0.3) is 5.56 Å². The van der Waals surface area contributed by atoms with Gasteiger partial charge in [-0.15, -0.1) is 11.6 Å². The largest absolute Gasteiger partial charge is 0.378 e. The molecular weight excluding hydrogens is 248 g/mol. The van der Waals surface area contributed by atoms with Gasteiger partial charge in [0.1, 0.15) is 0 Å². The van der Waals surface area contributed by atoms with E-state index in [1.807, 2.05) is 49.3 Å². The van der Waals surface area contributed by atoms with Crippen LogP contribution in [-0.2, 0) is 5.88 Å². The van der Waals surface area contributed by atoms with E-state index in [-0.39, 0.29) is 11.4 Å². The molecule has 0 fully saturated rings. The highest BCUT2D eigenvalue weighted by atomic mass is 35.5. The Hall–Kier alpha value is -1.74. The Bertz CT molecular complexity index is 587. The van der Waals surface area contributed by atoms with Gasteiger partial charge in [-0.1, -0.05) is 18.2 Å². The van der Waals surface area contributed by atoms with E-state index in [0.29, 0.717) is 5.56 Å². The van der Waals surface area contributed by atoms with Crippen LogP contribution in [-0.4, -0.2) is 19.1 Å². The van der Waals surface area contributed by atoms with Gasteiger partial charge in [-0.3, -0.25) is 4.79 Å². The van der Waals surface area contributed by atoms with Crippen molar-refractivity contribution in [2.75, 3.05) is 19.0 Å². The van der Waals surface area contributed by atoms with Crippen molar-refractivity contribution >= 4 is 17.3 Å². The second kappa shape index (κ2) is 5.27. The lowest BCUT2D eigenvalue weighted by molar-refractivity contribution is 1.13. The van der Waals surface area contributed by atoms with Crippen LogP contribution in [0.3, 0.4) is 0 Å². The highest BCUT2D eigenvalue weighted by Crippen LogP contribution is 2.20. The topological polar surface area (TPSA) is 36.1 Å². The van der Waals surface area contributed by atoms with Crippen LogP contribution in [0.1, 0.15) is 5.56 Å². The molecule has 2 aromatic rings. The summed E-state index contributed by atoms with van der Waals surface area (Å²) >= 11 is 5.66. The molecule has 0 atom stereocenters. The zero-order valence-corrected chi connectivity index (χ0v) is 11.2. The molecule has 2 rings (SSSR count). The van der Waals surface area contributed by atoms with E-state index >= 15 is 0 Å². The molecule has 94 valence electrons. The lowest BCUT2D eigenvalue weighted by Gasteiger charge is -2.12. The quantitative estimate of drug-likeness (QED) is 0.864. The molecule has 0 spiro atoms. The standard InChI is InChI=1S/C14H15ClN2O/c1-17(2)12-6-3-10(4-7-12)13-8-5-11(9-15)14(18)16-13/h3-8H,9H2,1-2H3,(H,16,18). The van der Waals surface area contributed by atoms with Crippen molar-refractivity contribution in [3.05, 3.63) is 52.3 Å². The number of halogens is 1. The number of nitrogens with one attached hydrogen (secondary N) is 1. The molecule has 0 unspecified atom stereocenters. The van der Waals surface area contributed by atoms with Gasteiger partial charge in [-0.25, -0.2) is 0 Å². The summed E-state index contributed by atoms with van der Waals surface area (Å²) < 4.78 is 0. The van der Waals surface area contributed by atoms with E-state index in [2.05, 4.69) is 4.98 Å². The van der Waals surface area contributed by atoms with Crippen molar-refractivity contribution in [3.63, 3.8) is 0 Å². The smallest absolute Gasteiger partial charge is 0.252 e. The first-order chi connectivity index (χ1) is 8.61. The van der Waals surface area contributed by atoms with E-state index in [4.69, 9.17) is 11.6 Å². The Kier molecular flexibility index (Phi) is 3.72. The zero-order chi connectivity index (χ0) is 13.1. The number of anilines is 1. The number of rotatable bonds is 3. The molecule has 1 N–H and O–H groups in total. The van der Waals surface area contributed by atoms with Crippen LogP contribution >= 0.6 is 11.6 Å². The Balaban J connectivity index is 2.37. The van der Waals surface area contributed by atoms with Crippen molar-refractivity contribution in [1.29, 1.82) is 0 Å². The predicted octanol–water partition coefficient (Wildman–Crippen LogP) is 2.85. The number of benzene rings is 1. The molecule has 1 aromatic carbocycles. The number of hydrogen-bond donors (Lipinski definition) is 1. The summed E-state index contributed by atoms with van der Waals surface area (Å²) in [6.07, 6.45) is 0. The number of alkyl halides is 1. The second-order valence-electron chi connectivity index (χ2n) is 4.30. The summed E-state index contributed by atoms with van der Waals surface area (Å²) in [5.74, 6) is 0.231. The summed E-state index contributed by atoms with van der Waals surface area (Å²) in [4.78, 5) is 16.5. The lowest BCUT2D eigenvalue weighted by Crippen LogP contribution is -2.11. The first kappa shape index (κ1) is 12.7. The van der Waals surface area contributed by atoms with Crippen molar-refractivity contribution in [2.24, 2.45) is 0 Å². The Labute approximate surface area is 111 Å². The second-order valence-corrected chi connectivity index (χ2v) is 4.57. The predicted molar refractivity (Wildman–Crippen MR) is 76.4 cm³/mol. The number of nitrogens with zero attached hydrogens (tertiary/aromatic N) is 1. The van der Waals surface area contributed by atoms with E-state index in [1.54, 1.807) is 6.07 Å². The molecule has 1 aromatic heterocycles. The third kappa shape index (κ3) is 2.57. The van der Waals surface area contributed by atoms with Crippen LogP contribution in [0.2, 0.25) is 0 Å². The average Bonchev–Trinajstić information content (AvgIpc) is 2.38. The van der Waals surface area contributed by atoms with E-state index < -0.39 is 0 Å². The highest BCUT2D eigenvalue weighted by molar-refractivity contribution is 6.17. The molecule has 1 heterocycles. The summed E-state index contributed by atoms with van der Waals surface area (Å²) in [6, 6.07) is 11.7. The van der Waals surface area contributed by atoms with Crippen LogP contribution in [0.15, 0.2) is 41.2 Å². The Morgan fingerprint density at radius 3 is 2.28 bits per heavy atom. The third-order valence-electron chi connectivity index (χ3n) is 2.83. The molecule has 0 aliphatic heterocycles. The highest BCUT2D eigenvalue weighted by Gasteiger charge is 2.03. The van der Waals surface area contributed by atoms with Crippen LogP contribution in [0.4, 0.5) is 5.69 Å². The van der Waals surface area contributed by atoms with E-state index in [0.717, 1.165) is 16.9 Å². The molecule has 3 nitrogen and oxygen atoms in total. The number of aromatic nitrogens is 1. The average molecular weight is 263 g/mol. The van der Waals surface area contributed by atoms with Crippen LogP contribution in [0.25, 0.3) is 11.3 Å². The molecule has 0 aliphatic rings. The number of hydrogen-bond acceptors (Lipinski definition) is 2. The molecule has 0 saturated heterocycles. The van der Waals surface area contributed by atoms with E-state index in [9.17, 15) is 4.79 Å². The minimum absolute atomic E-state index is 0.126. The lowest BCUT2D eigenvalue weighted by atomic mass is 10.1. The molecule has 0 saturated carbocycles. The molecule has 4 heteroatoms. The zero-order valence-electron chi connectivity index (χ0n) is 10.4. The van der Waals surface area contributed by atoms with Crippen molar-refractivity contribution < 1.29 is 0 Å². The normalized spacial score (nSPS) is 10.4. The molecule has 0 bridgehead atoms. The summed E-state index contributed by atoms with van der Waals surface area (Å²) in [5, 5.41) is 0. The fourth-order valence-corrected chi connectivity index (χ4v) is 1.93.